The Morgan fingerprint density at radius 2 is 1.80 bits per heavy atom. The van der Waals surface area contributed by atoms with Gasteiger partial charge in [0, 0.05) is 16.3 Å². The summed E-state index contributed by atoms with van der Waals surface area (Å²) in [6.45, 7) is 5.64. The van der Waals surface area contributed by atoms with Crippen LogP contribution in [0.2, 0.25) is 0 Å². The minimum absolute atomic E-state index is 0.292. The number of nitrogens with zero attached hydrogens (tertiary/aromatic N) is 2. The lowest BCUT2D eigenvalue weighted by atomic mass is 10.2. The smallest absolute Gasteiger partial charge is 0.339 e. The highest BCUT2D eigenvalue weighted by Gasteiger charge is 2.17. The van der Waals surface area contributed by atoms with E-state index in [2.05, 4.69) is 9.97 Å². The molecule has 0 aliphatic carbocycles. The van der Waals surface area contributed by atoms with Gasteiger partial charge in [-0.25, -0.2) is 19.2 Å². The first-order valence-electron chi connectivity index (χ1n) is 5.91. The second-order valence-corrected chi connectivity index (χ2v) is 5.33. The van der Waals surface area contributed by atoms with Gasteiger partial charge in [0.15, 0.2) is 5.16 Å². The molecule has 0 bridgehead atoms. The van der Waals surface area contributed by atoms with Gasteiger partial charge in [-0.3, -0.25) is 0 Å². The van der Waals surface area contributed by atoms with Gasteiger partial charge < -0.3 is 5.11 Å². The van der Waals surface area contributed by atoms with Crippen LogP contribution in [0.5, 0.6) is 0 Å². The van der Waals surface area contributed by atoms with Crippen LogP contribution in [0, 0.1) is 26.6 Å². The summed E-state index contributed by atoms with van der Waals surface area (Å²) in [5.41, 5.74) is 2.30. The summed E-state index contributed by atoms with van der Waals surface area (Å²) in [4.78, 5) is 20.0. The number of rotatable bonds is 3. The Labute approximate surface area is 120 Å². The number of hydrogen-bond acceptors (Lipinski definition) is 4. The highest BCUT2D eigenvalue weighted by molar-refractivity contribution is 7.99. The van der Waals surface area contributed by atoms with E-state index < -0.39 is 11.8 Å². The minimum Gasteiger partial charge on any atom is -0.478 e. The van der Waals surface area contributed by atoms with Gasteiger partial charge >= 0.3 is 5.97 Å². The monoisotopic (exact) mass is 292 g/mol. The molecule has 0 saturated carbocycles. The molecule has 104 valence electrons. The Morgan fingerprint density at radius 1 is 1.20 bits per heavy atom. The SMILES string of the molecule is Cc1nc(Sc2cccc(F)c2C(=O)O)nc(C)c1C. The zero-order valence-corrected chi connectivity index (χ0v) is 12.1. The van der Waals surface area contributed by atoms with Crippen LogP contribution < -0.4 is 0 Å². The Kier molecular flexibility index (Phi) is 4.04. The molecular formula is C14H13FN2O2S. The molecule has 0 unspecified atom stereocenters. The molecule has 1 aromatic heterocycles. The molecule has 0 radical (unpaired) electrons. The topological polar surface area (TPSA) is 63.1 Å². The van der Waals surface area contributed by atoms with Gasteiger partial charge in [0.25, 0.3) is 0 Å². The van der Waals surface area contributed by atoms with Crippen molar-refractivity contribution in [2.24, 2.45) is 0 Å². The third kappa shape index (κ3) is 2.80. The molecule has 6 heteroatoms. The van der Waals surface area contributed by atoms with Crippen molar-refractivity contribution in [2.75, 3.05) is 0 Å². The van der Waals surface area contributed by atoms with Gasteiger partial charge in [0.05, 0.1) is 0 Å². The predicted molar refractivity (Wildman–Crippen MR) is 73.7 cm³/mol. The van der Waals surface area contributed by atoms with E-state index in [4.69, 9.17) is 5.11 Å². The van der Waals surface area contributed by atoms with Crippen LogP contribution in [0.25, 0.3) is 0 Å². The van der Waals surface area contributed by atoms with Gasteiger partial charge in [-0.2, -0.15) is 0 Å². The summed E-state index contributed by atoms with van der Waals surface area (Å²) in [6, 6.07) is 4.14. The van der Waals surface area contributed by atoms with Gasteiger partial charge in [0.1, 0.15) is 11.4 Å². The average Bonchev–Trinajstić information content (AvgIpc) is 2.35. The molecule has 1 heterocycles. The normalized spacial score (nSPS) is 10.6. The lowest BCUT2D eigenvalue weighted by Gasteiger charge is -2.08. The molecule has 0 spiro atoms. The summed E-state index contributed by atoms with van der Waals surface area (Å²) < 4.78 is 13.6. The van der Waals surface area contributed by atoms with Crippen molar-refractivity contribution >= 4 is 17.7 Å². The zero-order chi connectivity index (χ0) is 14.9. The number of benzene rings is 1. The van der Waals surface area contributed by atoms with E-state index in [0.29, 0.717) is 10.1 Å². The molecule has 0 saturated heterocycles. The van der Waals surface area contributed by atoms with E-state index in [1.165, 1.54) is 6.07 Å². The molecular weight excluding hydrogens is 279 g/mol. The molecule has 4 nitrogen and oxygen atoms in total. The quantitative estimate of drug-likeness (QED) is 0.878. The third-order valence-electron chi connectivity index (χ3n) is 3.00. The fourth-order valence-electron chi connectivity index (χ4n) is 1.68. The van der Waals surface area contributed by atoms with Crippen molar-refractivity contribution in [3.8, 4) is 0 Å². The van der Waals surface area contributed by atoms with Crippen molar-refractivity contribution in [3.05, 3.63) is 46.5 Å². The lowest BCUT2D eigenvalue weighted by molar-refractivity contribution is 0.0688. The van der Waals surface area contributed by atoms with E-state index >= 15 is 0 Å². The fraction of sp³-hybridized carbons (Fsp3) is 0.214. The molecule has 0 amide bonds. The molecule has 1 N–H and O–H groups in total. The molecule has 2 aromatic rings. The van der Waals surface area contributed by atoms with Crippen LogP contribution in [-0.2, 0) is 0 Å². The first-order chi connectivity index (χ1) is 9.40. The largest absolute Gasteiger partial charge is 0.478 e. The van der Waals surface area contributed by atoms with Crippen LogP contribution in [0.15, 0.2) is 28.3 Å². The van der Waals surface area contributed by atoms with Gasteiger partial charge in [0.2, 0.25) is 0 Å². The van der Waals surface area contributed by atoms with Crippen LogP contribution >= 0.6 is 11.8 Å². The molecule has 20 heavy (non-hydrogen) atoms. The third-order valence-corrected chi connectivity index (χ3v) is 3.93. The highest BCUT2D eigenvalue weighted by atomic mass is 32.2. The Morgan fingerprint density at radius 3 is 2.35 bits per heavy atom. The van der Waals surface area contributed by atoms with Crippen molar-refractivity contribution in [3.63, 3.8) is 0 Å². The Hall–Kier alpha value is -1.95. The summed E-state index contributed by atoms with van der Waals surface area (Å²) in [5, 5.41) is 9.50. The number of hydrogen-bond donors (Lipinski definition) is 1. The van der Waals surface area contributed by atoms with Gasteiger partial charge in [-0.15, -0.1) is 0 Å². The number of halogens is 1. The van der Waals surface area contributed by atoms with Crippen molar-refractivity contribution in [1.82, 2.24) is 9.97 Å². The maximum Gasteiger partial charge on any atom is 0.339 e. The molecule has 0 fully saturated rings. The van der Waals surface area contributed by atoms with E-state index in [9.17, 15) is 9.18 Å². The second-order valence-electron chi connectivity index (χ2n) is 4.32. The maximum atomic E-state index is 13.6. The molecule has 0 aliphatic heterocycles. The summed E-state index contributed by atoms with van der Waals surface area (Å²) in [6.07, 6.45) is 0. The summed E-state index contributed by atoms with van der Waals surface area (Å²) in [5.74, 6) is -2.06. The molecule has 2 rings (SSSR count). The Balaban J connectivity index is 2.45. The van der Waals surface area contributed by atoms with Crippen LogP contribution in [0.3, 0.4) is 0 Å². The molecule has 0 aliphatic rings. The lowest BCUT2D eigenvalue weighted by Crippen LogP contribution is -2.04. The van der Waals surface area contributed by atoms with Gasteiger partial charge in [-0.05, 0) is 50.2 Å². The van der Waals surface area contributed by atoms with Crippen molar-refractivity contribution in [2.45, 2.75) is 30.8 Å². The average molecular weight is 292 g/mol. The maximum absolute atomic E-state index is 13.6. The van der Waals surface area contributed by atoms with Crippen LogP contribution in [0.1, 0.15) is 27.3 Å². The first-order valence-corrected chi connectivity index (χ1v) is 6.73. The van der Waals surface area contributed by atoms with E-state index in [1.54, 1.807) is 6.07 Å². The minimum atomic E-state index is -1.30. The van der Waals surface area contributed by atoms with Crippen LogP contribution in [-0.4, -0.2) is 21.0 Å². The number of carbonyl (C=O) groups is 1. The number of aromatic nitrogens is 2. The summed E-state index contributed by atoms with van der Waals surface area (Å²) in [7, 11) is 0. The Bertz CT molecular complexity index is 666. The highest BCUT2D eigenvalue weighted by Crippen LogP contribution is 2.30. The molecule has 1 aromatic carbocycles. The van der Waals surface area contributed by atoms with E-state index in [0.717, 1.165) is 34.8 Å². The summed E-state index contributed by atoms with van der Waals surface area (Å²) >= 11 is 1.05. The zero-order valence-electron chi connectivity index (χ0n) is 11.3. The number of aryl methyl sites for hydroxylation is 2. The first kappa shape index (κ1) is 14.5. The number of carboxylic acids is 1. The standard InChI is InChI=1S/C14H13FN2O2S/c1-7-8(2)16-14(17-9(7)3)20-11-6-4-5-10(15)12(11)13(18)19/h4-6H,1-3H3,(H,18,19). The van der Waals surface area contributed by atoms with E-state index in [1.807, 2.05) is 20.8 Å². The van der Waals surface area contributed by atoms with Crippen molar-refractivity contribution < 1.29 is 14.3 Å². The fourth-order valence-corrected chi connectivity index (χ4v) is 2.68. The molecule has 0 atom stereocenters. The van der Waals surface area contributed by atoms with Crippen LogP contribution in [0.4, 0.5) is 4.39 Å². The second kappa shape index (κ2) is 5.58. The van der Waals surface area contributed by atoms with Gasteiger partial charge in [-0.1, -0.05) is 6.07 Å². The van der Waals surface area contributed by atoms with E-state index in [-0.39, 0.29) is 5.56 Å². The van der Waals surface area contributed by atoms with Crippen molar-refractivity contribution in [1.29, 1.82) is 0 Å². The number of aromatic carboxylic acids is 1. The predicted octanol–water partition coefficient (Wildman–Crippen LogP) is 3.39. The number of carboxylic acid groups (broad SMARTS) is 1.